The first kappa shape index (κ1) is 21.1. The number of methoxy groups -OCH3 is 1. The maximum absolute atomic E-state index is 12.9. The Morgan fingerprint density at radius 2 is 1.84 bits per heavy atom. The summed E-state index contributed by atoms with van der Waals surface area (Å²) in [6.07, 6.45) is 0. The summed E-state index contributed by atoms with van der Waals surface area (Å²) in [6.45, 7) is 1.90. The van der Waals surface area contributed by atoms with Crippen LogP contribution in [-0.2, 0) is 0 Å². The number of rotatable bonds is 5. The number of aromatic nitrogens is 3. The van der Waals surface area contributed by atoms with Gasteiger partial charge in [0.05, 0.1) is 12.8 Å². The molecule has 0 aliphatic carbocycles. The van der Waals surface area contributed by atoms with E-state index in [-0.39, 0.29) is 5.82 Å². The second kappa shape index (κ2) is 8.91. The van der Waals surface area contributed by atoms with Gasteiger partial charge < -0.3 is 10.1 Å². The molecule has 0 spiro atoms. The Labute approximate surface area is 193 Å². The summed E-state index contributed by atoms with van der Waals surface area (Å²) >= 11 is 9.77. The van der Waals surface area contributed by atoms with Crippen LogP contribution in [0.2, 0.25) is 5.02 Å². The molecule has 0 aliphatic rings. The Kier molecular flexibility index (Phi) is 6.06. The van der Waals surface area contributed by atoms with Crippen LogP contribution in [0.3, 0.4) is 0 Å². The molecular weight excluding hydrogens is 480 g/mol. The molecule has 0 aliphatic heterocycles. The van der Waals surface area contributed by atoms with E-state index in [0.717, 1.165) is 21.3 Å². The molecule has 1 N–H and O–H groups in total. The molecule has 0 radical (unpaired) electrons. The molecule has 0 fully saturated rings. The molecule has 156 valence electrons. The van der Waals surface area contributed by atoms with Gasteiger partial charge >= 0.3 is 0 Å². The number of carbonyl (C=O) groups excluding carboxylic acids is 1. The monoisotopic (exact) mass is 496 g/mol. The highest BCUT2D eigenvalue weighted by Gasteiger charge is 2.20. The summed E-state index contributed by atoms with van der Waals surface area (Å²) in [5.41, 5.74) is 2.99. The zero-order valence-electron chi connectivity index (χ0n) is 16.8. The average Bonchev–Trinajstić information content (AvgIpc) is 3.21. The maximum Gasteiger partial charge on any atom is 0.295 e. The molecule has 8 heteroatoms. The topological polar surface area (TPSA) is 69.0 Å². The summed E-state index contributed by atoms with van der Waals surface area (Å²) in [5, 5.41) is 7.94. The first-order valence-electron chi connectivity index (χ1n) is 9.40. The van der Waals surface area contributed by atoms with Crippen molar-refractivity contribution in [2.45, 2.75) is 6.92 Å². The molecule has 6 nitrogen and oxygen atoms in total. The van der Waals surface area contributed by atoms with Gasteiger partial charge in [0.2, 0.25) is 5.82 Å². The van der Waals surface area contributed by atoms with Gasteiger partial charge in [-0.05, 0) is 48.9 Å². The van der Waals surface area contributed by atoms with Crippen molar-refractivity contribution in [1.82, 2.24) is 14.8 Å². The molecule has 31 heavy (non-hydrogen) atoms. The number of benzene rings is 3. The van der Waals surface area contributed by atoms with Crippen LogP contribution in [0.5, 0.6) is 5.75 Å². The highest BCUT2D eigenvalue weighted by molar-refractivity contribution is 9.10. The molecule has 0 unspecified atom stereocenters. The summed E-state index contributed by atoms with van der Waals surface area (Å²) in [5.74, 6) is 0.792. The van der Waals surface area contributed by atoms with Crippen molar-refractivity contribution < 1.29 is 9.53 Å². The van der Waals surface area contributed by atoms with Crippen molar-refractivity contribution in [3.8, 4) is 22.8 Å². The van der Waals surface area contributed by atoms with Gasteiger partial charge in [0.1, 0.15) is 5.75 Å². The van der Waals surface area contributed by atoms with Crippen molar-refractivity contribution >= 4 is 39.1 Å². The van der Waals surface area contributed by atoms with Crippen LogP contribution < -0.4 is 10.1 Å². The number of hydrogen-bond donors (Lipinski definition) is 1. The Hall–Kier alpha value is -3.16. The minimum atomic E-state index is -0.426. The van der Waals surface area contributed by atoms with Crippen molar-refractivity contribution in [2.75, 3.05) is 12.4 Å². The molecular formula is C23H18BrClN4O2. The van der Waals surface area contributed by atoms with E-state index in [1.807, 2.05) is 49.4 Å². The Morgan fingerprint density at radius 1 is 1.10 bits per heavy atom. The first-order valence-corrected chi connectivity index (χ1v) is 10.6. The molecule has 0 saturated carbocycles. The molecule has 4 rings (SSSR count). The van der Waals surface area contributed by atoms with Gasteiger partial charge in [-0.1, -0.05) is 51.8 Å². The van der Waals surface area contributed by atoms with Gasteiger partial charge in [-0.2, -0.15) is 0 Å². The largest absolute Gasteiger partial charge is 0.497 e. The highest BCUT2D eigenvalue weighted by Crippen LogP contribution is 2.28. The van der Waals surface area contributed by atoms with Crippen LogP contribution in [-0.4, -0.2) is 27.8 Å². The lowest BCUT2D eigenvalue weighted by atomic mass is 10.1. The number of nitrogens with zero attached hydrogens (tertiary/aromatic N) is 3. The fourth-order valence-electron chi connectivity index (χ4n) is 3.08. The lowest BCUT2D eigenvalue weighted by molar-refractivity contribution is 0.101. The molecule has 0 bridgehead atoms. The zero-order valence-corrected chi connectivity index (χ0v) is 19.1. The first-order chi connectivity index (χ1) is 15.0. The van der Waals surface area contributed by atoms with E-state index in [4.69, 9.17) is 16.3 Å². The van der Waals surface area contributed by atoms with Gasteiger partial charge in [0.15, 0.2) is 5.82 Å². The van der Waals surface area contributed by atoms with E-state index in [0.29, 0.717) is 22.3 Å². The van der Waals surface area contributed by atoms with Crippen molar-refractivity contribution in [1.29, 1.82) is 0 Å². The summed E-state index contributed by atoms with van der Waals surface area (Å²) in [4.78, 5) is 17.5. The molecule has 1 aromatic heterocycles. The van der Waals surface area contributed by atoms with Crippen LogP contribution in [0.15, 0.2) is 71.2 Å². The highest BCUT2D eigenvalue weighted by atomic mass is 79.9. The van der Waals surface area contributed by atoms with Crippen LogP contribution in [0, 0.1) is 6.92 Å². The minimum absolute atomic E-state index is 0.0418. The van der Waals surface area contributed by atoms with Crippen LogP contribution in [0.4, 0.5) is 5.69 Å². The van der Waals surface area contributed by atoms with E-state index >= 15 is 0 Å². The molecule has 0 saturated heterocycles. The van der Waals surface area contributed by atoms with E-state index in [9.17, 15) is 4.79 Å². The summed E-state index contributed by atoms with van der Waals surface area (Å²) in [6, 6.07) is 20.3. The van der Waals surface area contributed by atoms with Gasteiger partial charge in [0, 0.05) is 26.8 Å². The van der Waals surface area contributed by atoms with Crippen molar-refractivity contribution in [3.05, 3.63) is 87.6 Å². The van der Waals surface area contributed by atoms with Crippen LogP contribution >= 0.6 is 27.5 Å². The van der Waals surface area contributed by atoms with Gasteiger partial charge in [-0.25, -0.2) is 9.67 Å². The van der Waals surface area contributed by atoms with E-state index in [1.165, 1.54) is 0 Å². The molecule has 4 aromatic rings. The second-order valence-corrected chi connectivity index (χ2v) is 8.07. The van der Waals surface area contributed by atoms with Gasteiger partial charge in [-0.15, -0.1) is 5.10 Å². The van der Waals surface area contributed by atoms with Crippen molar-refractivity contribution in [2.24, 2.45) is 0 Å². The zero-order chi connectivity index (χ0) is 22.0. The third-order valence-electron chi connectivity index (χ3n) is 4.71. The average molecular weight is 498 g/mol. The fourth-order valence-corrected chi connectivity index (χ4v) is 3.51. The van der Waals surface area contributed by atoms with E-state index in [1.54, 1.807) is 36.1 Å². The minimum Gasteiger partial charge on any atom is -0.497 e. The molecule has 1 heterocycles. The van der Waals surface area contributed by atoms with Crippen molar-refractivity contribution in [3.63, 3.8) is 0 Å². The quantitative estimate of drug-likeness (QED) is 0.372. The smallest absolute Gasteiger partial charge is 0.295 e. The number of halogens is 2. The summed E-state index contributed by atoms with van der Waals surface area (Å²) < 4.78 is 7.80. The Balaban J connectivity index is 1.78. The van der Waals surface area contributed by atoms with Gasteiger partial charge in [0.25, 0.3) is 5.91 Å². The normalized spacial score (nSPS) is 10.7. The lowest BCUT2D eigenvalue weighted by Crippen LogP contribution is -2.14. The maximum atomic E-state index is 12.9. The lowest BCUT2D eigenvalue weighted by Gasteiger charge is -2.10. The Morgan fingerprint density at radius 3 is 2.58 bits per heavy atom. The number of ether oxygens (including phenoxy) is 1. The van der Waals surface area contributed by atoms with E-state index in [2.05, 4.69) is 31.3 Å². The second-order valence-electron chi connectivity index (χ2n) is 6.75. The van der Waals surface area contributed by atoms with Gasteiger partial charge in [-0.3, -0.25) is 4.79 Å². The molecule has 1 amide bonds. The van der Waals surface area contributed by atoms with E-state index < -0.39 is 5.91 Å². The number of nitrogens with one attached hydrogen (secondary N) is 1. The molecule has 0 atom stereocenters. The van der Waals surface area contributed by atoms with Crippen LogP contribution in [0.1, 0.15) is 16.2 Å². The SMILES string of the molecule is COc1cccc(NC(=O)c2nc(-c3ccc(Br)cc3)n(-c3cccc(Cl)c3C)n2)c1. The summed E-state index contributed by atoms with van der Waals surface area (Å²) in [7, 11) is 1.57. The van der Waals surface area contributed by atoms with Crippen LogP contribution in [0.25, 0.3) is 17.1 Å². The number of anilines is 1. The third-order valence-corrected chi connectivity index (χ3v) is 5.65. The number of hydrogen-bond acceptors (Lipinski definition) is 4. The molecule has 3 aromatic carbocycles. The number of carbonyl (C=O) groups is 1. The standard InChI is InChI=1S/C23H18BrClN4O2/c1-14-19(25)7-4-8-20(14)29-22(15-9-11-16(24)12-10-15)27-21(28-29)23(30)26-17-5-3-6-18(13-17)31-2/h3-13H,1-2H3,(H,26,30). The third kappa shape index (κ3) is 4.47. The number of amides is 1. The predicted molar refractivity (Wildman–Crippen MR) is 125 cm³/mol. The predicted octanol–water partition coefficient (Wildman–Crippen LogP) is 5.92. The Bertz CT molecular complexity index is 1250. The fraction of sp³-hybridized carbons (Fsp3) is 0.0870.